The van der Waals surface area contributed by atoms with Crippen molar-refractivity contribution >= 4 is 6.09 Å². The van der Waals surface area contributed by atoms with Crippen LogP contribution >= 0.6 is 0 Å². The van der Waals surface area contributed by atoms with Crippen molar-refractivity contribution in [3.05, 3.63) is 0 Å². The van der Waals surface area contributed by atoms with E-state index in [2.05, 4.69) is 5.32 Å². The Balaban J connectivity index is 3.57. The van der Waals surface area contributed by atoms with Gasteiger partial charge in [0, 0.05) is 7.05 Å². The maximum absolute atomic E-state index is 10.6. The lowest BCUT2D eigenvalue weighted by Crippen LogP contribution is -2.27. The van der Waals surface area contributed by atoms with Crippen LogP contribution in [0.4, 0.5) is 4.79 Å². The summed E-state index contributed by atoms with van der Waals surface area (Å²) < 4.78 is 4.91. The van der Waals surface area contributed by atoms with Gasteiger partial charge >= 0.3 is 6.09 Å². The predicted molar refractivity (Wildman–Crippen MR) is 39.8 cm³/mol. The van der Waals surface area contributed by atoms with E-state index in [1.54, 1.807) is 7.05 Å². The number of carbonyl (C=O) groups excluding carboxylic acids is 1. The van der Waals surface area contributed by atoms with Crippen LogP contribution in [0.25, 0.3) is 0 Å². The number of nitrogens with one attached hydrogen (secondary N) is 1. The molecule has 10 heavy (non-hydrogen) atoms. The molecule has 0 aliphatic carbocycles. The third-order valence-electron chi connectivity index (χ3n) is 1.44. The van der Waals surface area contributed by atoms with Crippen LogP contribution in [0.5, 0.6) is 0 Å². The standard InChI is InChI=1S/C7H15NO2/c1-5(2)6(3)10-7(9)8-4/h5-6H,1-4H3,(H,8,9)/t6-/m0/s1. The molecule has 3 nitrogen and oxygen atoms in total. The molecule has 0 aromatic rings. The molecule has 0 bridgehead atoms. The molecule has 0 saturated carbocycles. The second kappa shape index (κ2) is 4.14. The van der Waals surface area contributed by atoms with Crippen LogP contribution < -0.4 is 5.32 Å². The monoisotopic (exact) mass is 145 g/mol. The molecule has 0 heterocycles. The number of hydrogen-bond donors (Lipinski definition) is 1. The SMILES string of the molecule is CNC(=O)O[C@@H](C)C(C)C. The quantitative estimate of drug-likeness (QED) is 0.637. The Morgan fingerprint density at radius 3 is 2.20 bits per heavy atom. The molecule has 0 aliphatic heterocycles. The van der Waals surface area contributed by atoms with Gasteiger partial charge in [-0.05, 0) is 12.8 Å². The Labute approximate surface area is 61.8 Å². The molecule has 1 atom stereocenters. The third-order valence-corrected chi connectivity index (χ3v) is 1.44. The molecular weight excluding hydrogens is 130 g/mol. The average Bonchev–Trinajstić information content (AvgIpc) is 1.87. The van der Waals surface area contributed by atoms with Gasteiger partial charge in [-0.15, -0.1) is 0 Å². The van der Waals surface area contributed by atoms with Crippen LogP contribution in [0, 0.1) is 5.92 Å². The van der Waals surface area contributed by atoms with Gasteiger partial charge in [0.2, 0.25) is 0 Å². The van der Waals surface area contributed by atoms with E-state index in [1.807, 2.05) is 20.8 Å². The van der Waals surface area contributed by atoms with Crippen LogP contribution in [0.2, 0.25) is 0 Å². The van der Waals surface area contributed by atoms with E-state index in [9.17, 15) is 4.79 Å². The zero-order valence-corrected chi connectivity index (χ0v) is 6.97. The van der Waals surface area contributed by atoms with Gasteiger partial charge in [0.1, 0.15) is 6.10 Å². The van der Waals surface area contributed by atoms with E-state index in [0.717, 1.165) is 0 Å². The van der Waals surface area contributed by atoms with Crippen LogP contribution in [-0.4, -0.2) is 19.2 Å². The lowest BCUT2D eigenvalue weighted by atomic mass is 10.1. The molecule has 0 aliphatic rings. The summed E-state index contributed by atoms with van der Waals surface area (Å²) in [4.78, 5) is 10.6. The van der Waals surface area contributed by atoms with E-state index < -0.39 is 0 Å². The van der Waals surface area contributed by atoms with Crippen molar-refractivity contribution < 1.29 is 9.53 Å². The Bertz CT molecular complexity index is 112. The highest BCUT2D eigenvalue weighted by atomic mass is 16.6. The summed E-state index contributed by atoms with van der Waals surface area (Å²) in [6.45, 7) is 5.89. The fourth-order valence-electron chi connectivity index (χ4n) is 0.364. The number of carbonyl (C=O) groups is 1. The molecule has 1 N–H and O–H groups in total. The summed E-state index contributed by atoms with van der Waals surface area (Å²) in [7, 11) is 1.55. The molecule has 60 valence electrons. The number of alkyl carbamates (subject to hydrolysis) is 1. The highest BCUT2D eigenvalue weighted by molar-refractivity contribution is 5.66. The first-order valence-corrected chi connectivity index (χ1v) is 3.46. The summed E-state index contributed by atoms with van der Waals surface area (Å²) in [5, 5.41) is 2.39. The van der Waals surface area contributed by atoms with Gasteiger partial charge in [-0.25, -0.2) is 4.79 Å². The zero-order valence-electron chi connectivity index (χ0n) is 6.97. The van der Waals surface area contributed by atoms with Crippen LogP contribution in [0.15, 0.2) is 0 Å². The van der Waals surface area contributed by atoms with Gasteiger partial charge in [-0.1, -0.05) is 13.8 Å². The van der Waals surface area contributed by atoms with E-state index in [1.165, 1.54) is 0 Å². The largest absolute Gasteiger partial charge is 0.446 e. The Hall–Kier alpha value is -0.730. The maximum atomic E-state index is 10.6. The minimum atomic E-state index is -0.360. The molecule has 0 radical (unpaired) electrons. The Morgan fingerprint density at radius 2 is 1.90 bits per heavy atom. The summed E-state index contributed by atoms with van der Waals surface area (Å²) in [5.74, 6) is 0.372. The molecule has 0 fully saturated rings. The maximum Gasteiger partial charge on any atom is 0.407 e. The molecule has 0 aromatic heterocycles. The van der Waals surface area contributed by atoms with Crippen LogP contribution in [-0.2, 0) is 4.74 Å². The van der Waals surface area contributed by atoms with Crippen molar-refractivity contribution in [3.8, 4) is 0 Å². The highest BCUT2D eigenvalue weighted by Gasteiger charge is 2.10. The smallest absolute Gasteiger partial charge is 0.407 e. The highest BCUT2D eigenvalue weighted by Crippen LogP contribution is 2.04. The second-order valence-electron chi connectivity index (χ2n) is 2.60. The Kier molecular flexibility index (Phi) is 3.84. The molecule has 1 amide bonds. The third kappa shape index (κ3) is 3.33. The van der Waals surface area contributed by atoms with Gasteiger partial charge in [-0.3, -0.25) is 0 Å². The molecular formula is C7H15NO2. The van der Waals surface area contributed by atoms with Crippen molar-refractivity contribution in [1.82, 2.24) is 5.32 Å². The number of amides is 1. The van der Waals surface area contributed by atoms with Crippen molar-refractivity contribution in [3.63, 3.8) is 0 Å². The first-order valence-electron chi connectivity index (χ1n) is 3.46. The average molecular weight is 145 g/mol. The molecule has 0 unspecified atom stereocenters. The van der Waals surface area contributed by atoms with Crippen LogP contribution in [0.3, 0.4) is 0 Å². The van der Waals surface area contributed by atoms with E-state index in [-0.39, 0.29) is 12.2 Å². The minimum absolute atomic E-state index is 0.0139. The molecule has 0 aromatic carbocycles. The normalized spacial score (nSPS) is 12.9. The molecule has 0 saturated heterocycles. The number of rotatable bonds is 2. The van der Waals surface area contributed by atoms with Crippen molar-refractivity contribution in [2.24, 2.45) is 5.92 Å². The lowest BCUT2D eigenvalue weighted by molar-refractivity contribution is 0.0838. The van der Waals surface area contributed by atoms with Gasteiger partial charge in [0.15, 0.2) is 0 Å². The Morgan fingerprint density at radius 1 is 1.40 bits per heavy atom. The molecule has 0 spiro atoms. The van der Waals surface area contributed by atoms with Gasteiger partial charge in [0.05, 0.1) is 0 Å². The fourth-order valence-corrected chi connectivity index (χ4v) is 0.364. The summed E-state index contributed by atoms with van der Waals surface area (Å²) >= 11 is 0. The second-order valence-corrected chi connectivity index (χ2v) is 2.60. The van der Waals surface area contributed by atoms with Gasteiger partial charge in [-0.2, -0.15) is 0 Å². The van der Waals surface area contributed by atoms with Crippen molar-refractivity contribution in [2.75, 3.05) is 7.05 Å². The predicted octanol–water partition coefficient (Wildman–Crippen LogP) is 1.39. The summed E-state index contributed by atoms with van der Waals surface area (Å²) in [5.41, 5.74) is 0. The number of ether oxygens (including phenoxy) is 1. The van der Waals surface area contributed by atoms with E-state index >= 15 is 0 Å². The zero-order chi connectivity index (χ0) is 8.15. The first kappa shape index (κ1) is 9.27. The minimum Gasteiger partial charge on any atom is -0.446 e. The van der Waals surface area contributed by atoms with Gasteiger partial charge < -0.3 is 10.1 Å². The van der Waals surface area contributed by atoms with Crippen LogP contribution in [0.1, 0.15) is 20.8 Å². The lowest BCUT2D eigenvalue weighted by Gasteiger charge is -2.15. The van der Waals surface area contributed by atoms with E-state index in [0.29, 0.717) is 5.92 Å². The van der Waals surface area contributed by atoms with E-state index in [4.69, 9.17) is 4.74 Å². The number of hydrogen-bond acceptors (Lipinski definition) is 2. The van der Waals surface area contributed by atoms with Crippen molar-refractivity contribution in [2.45, 2.75) is 26.9 Å². The van der Waals surface area contributed by atoms with Crippen molar-refractivity contribution in [1.29, 1.82) is 0 Å². The van der Waals surface area contributed by atoms with Gasteiger partial charge in [0.25, 0.3) is 0 Å². The topological polar surface area (TPSA) is 38.3 Å². The summed E-state index contributed by atoms with van der Waals surface area (Å²) in [6.07, 6.45) is -0.374. The summed E-state index contributed by atoms with van der Waals surface area (Å²) in [6, 6.07) is 0. The molecule has 3 heteroatoms. The fraction of sp³-hybridized carbons (Fsp3) is 0.857. The molecule has 0 rings (SSSR count). The first-order chi connectivity index (χ1) is 4.57.